The molecule has 0 aliphatic heterocycles. The third kappa shape index (κ3) is 10.8. The summed E-state index contributed by atoms with van der Waals surface area (Å²) >= 11 is 0. The van der Waals surface area contributed by atoms with E-state index in [-0.39, 0.29) is 36.2 Å². The van der Waals surface area contributed by atoms with Gasteiger partial charge in [0.25, 0.3) is 0 Å². The van der Waals surface area contributed by atoms with E-state index in [2.05, 4.69) is 4.74 Å². The summed E-state index contributed by atoms with van der Waals surface area (Å²) in [7, 11) is -2.90. The van der Waals surface area contributed by atoms with Crippen molar-refractivity contribution in [1.82, 2.24) is 4.72 Å². The second-order valence-corrected chi connectivity index (χ2v) is 3.07. The van der Waals surface area contributed by atoms with Crippen LogP contribution in [0.5, 0.6) is 0 Å². The first-order valence-corrected chi connectivity index (χ1v) is 4.08. The molecule has 0 amide bonds. The molecule has 11 heavy (non-hydrogen) atoms. The number of rotatable bonds is 4. The Hall–Kier alpha value is 0.830. The molecule has 1 N–H and O–H groups in total. The molecule has 0 aliphatic carbocycles. The van der Waals surface area contributed by atoms with E-state index in [4.69, 9.17) is 0 Å². The molecule has 0 saturated heterocycles. The standard InChI is InChI=1S/C4H11NO4S.Na/c1-4(3-9-2)5-10(6,7)8;/h4-5H,3H2,1-2H3,(H,6,7,8);/q;+1/p-1. The molecule has 0 fully saturated rings. The summed E-state index contributed by atoms with van der Waals surface area (Å²) in [6.07, 6.45) is 0. The Labute approximate surface area is 88.7 Å². The Balaban J connectivity index is 0. The van der Waals surface area contributed by atoms with Gasteiger partial charge in [-0.3, -0.25) is 0 Å². The van der Waals surface area contributed by atoms with Crippen molar-refractivity contribution in [3.63, 3.8) is 0 Å². The van der Waals surface area contributed by atoms with Crippen LogP contribution in [0.1, 0.15) is 6.92 Å². The van der Waals surface area contributed by atoms with Crippen LogP contribution >= 0.6 is 0 Å². The molecule has 0 saturated carbocycles. The van der Waals surface area contributed by atoms with E-state index in [9.17, 15) is 13.0 Å². The van der Waals surface area contributed by atoms with Crippen LogP contribution in [-0.4, -0.2) is 32.7 Å². The first-order chi connectivity index (χ1) is 4.45. The van der Waals surface area contributed by atoms with E-state index >= 15 is 0 Å². The molecule has 62 valence electrons. The smallest absolute Gasteiger partial charge is 0.735 e. The van der Waals surface area contributed by atoms with Crippen LogP contribution < -0.4 is 34.3 Å². The van der Waals surface area contributed by atoms with Crippen molar-refractivity contribution in [2.24, 2.45) is 0 Å². The van der Waals surface area contributed by atoms with Crippen molar-refractivity contribution in [1.29, 1.82) is 0 Å². The van der Waals surface area contributed by atoms with Crippen molar-refractivity contribution in [2.75, 3.05) is 13.7 Å². The molecule has 0 heterocycles. The maximum atomic E-state index is 9.99. The van der Waals surface area contributed by atoms with Gasteiger partial charge in [0, 0.05) is 13.2 Å². The van der Waals surface area contributed by atoms with Crippen LogP contribution in [0.15, 0.2) is 0 Å². The van der Waals surface area contributed by atoms with E-state index in [1.54, 1.807) is 6.92 Å². The predicted octanol–water partition coefficient (Wildman–Crippen LogP) is -3.92. The van der Waals surface area contributed by atoms with Crippen LogP contribution in [0, 0.1) is 0 Å². The predicted molar refractivity (Wildman–Crippen MR) is 34.2 cm³/mol. The van der Waals surface area contributed by atoms with Gasteiger partial charge in [-0.1, -0.05) is 0 Å². The van der Waals surface area contributed by atoms with Crippen LogP contribution in [0.4, 0.5) is 0 Å². The average Bonchev–Trinajstić information content (AvgIpc) is 1.59. The summed E-state index contributed by atoms with van der Waals surface area (Å²) in [5.41, 5.74) is 0. The molecular formula is C4H10NNaO4S. The van der Waals surface area contributed by atoms with Gasteiger partial charge in [-0.05, 0) is 6.92 Å². The number of hydrogen-bond acceptors (Lipinski definition) is 4. The second kappa shape index (κ2) is 6.36. The summed E-state index contributed by atoms with van der Waals surface area (Å²) in [4.78, 5) is 0. The maximum Gasteiger partial charge on any atom is 1.00 e. The summed E-state index contributed by atoms with van der Waals surface area (Å²) in [5, 5.41) is 0. The van der Waals surface area contributed by atoms with E-state index in [1.165, 1.54) is 7.11 Å². The van der Waals surface area contributed by atoms with Gasteiger partial charge in [0.1, 0.15) is 0 Å². The first-order valence-electron chi connectivity index (χ1n) is 2.68. The van der Waals surface area contributed by atoms with Crippen molar-refractivity contribution in [3.8, 4) is 0 Å². The SMILES string of the molecule is COCC(C)NS(=O)(=O)[O-].[Na+]. The molecule has 0 bridgehead atoms. The summed E-state index contributed by atoms with van der Waals surface area (Å²) < 4.78 is 36.4. The molecule has 5 nitrogen and oxygen atoms in total. The second-order valence-electron chi connectivity index (χ2n) is 1.93. The third-order valence-corrected chi connectivity index (χ3v) is 1.45. The quantitative estimate of drug-likeness (QED) is 0.363. The molecule has 1 atom stereocenters. The number of ether oxygens (including phenoxy) is 1. The minimum atomic E-state index is -4.33. The van der Waals surface area contributed by atoms with Gasteiger partial charge in [0.05, 0.1) is 6.61 Å². The zero-order valence-corrected chi connectivity index (χ0v) is 9.64. The number of hydrogen-bond donors (Lipinski definition) is 1. The average molecular weight is 191 g/mol. The van der Waals surface area contributed by atoms with Gasteiger partial charge in [0.2, 0.25) is 0 Å². The molecule has 0 radical (unpaired) electrons. The Bertz CT molecular complexity index is 181. The van der Waals surface area contributed by atoms with Gasteiger partial charge in [-0.25, -0.2) is 13.1 Å². The van der Waals surface area contributed by atoms with Crippen molar-refractivity contribution in [2.45, 2.75) is 13.0 Å². The van der Waals surface area contributed by atoms with Gasteiger partial charge in [-0.15, -0.1) is 0 Å². The molecule has 0 rings (SSSR count). The van der Waals surface area contributed by atoms with Crippen molar-refractivity contribution < 1.29 is 47.3 Å². The molecule has 0 spiro atoms. The minimum Gasteiger partial charge on any atom is -0.735 e. The van der Waals surface area contributed by atoms with E-state index < -0.39 is 16.3 Å². The van der Waals surface area contributed by atoms with Crippen LogP contribution in [0.3, 0.4) is 0 Å². The molecule has 0 aromatic carbocycles. The van der Waals surface area contributed by atoms with Gasteiger partial charge < -0.3 is 9.29 Å². The fraction of sp³-hybridized carbons (Fsp3) is 1.00. The van der Waals surface area contributed by atoms with Gasteiger partial charge >= 0.3 is 29.6 Å². The molecule has 0 aromatic heterocycles. The zero-order valence-electron chi connectivity index (χ0n) is 6.83. The van der Waals surface area contributed by atoms with Gasteiger partial charge in [-0.2, -0.15) is 0 Å². The fourth-order valence-corrected chi connectivity index (χ4v) is 1.09. The Kier molecular flexibility index (Phi) is 8.30. The number of nitrogens with one attached hydrogen (secondary N) is 1. The molecule has 7 heteroatoms. The maximum absolute atomic E-state index is 9.99. The Morgan fingerprint density at radius 3 is 2.36 bits per heavy atom. The summed E-state index contributed by atoms with van der Waals surface area (Å²) in [5.74, 6) is 0. The molecular weight excluding hydrogens is 181 g/mol. The molecule has 0 aromatic rings. The van der Waals surface area contributed by atoms with E-state index in [0.29, 0.717) is 0 Å². The Morgan fingerprint density at radius 2 is 2.09 bits per heavy atom. The molecule has 0 aliphatic rings. The summed E-state index contributed by atoms with van der Waals surface area (Å²) in [6, 6.07) is -0.465. The van der Waals surface area contributed by atoms with Crippen molar-refractivity contribution in [3.05, 3.63) is 0 Å². The zero-order chi connectivity index (χ0) is 8.20. The first kappa shape index (κ1) is 14.4. The number of methoxy groups -OCH3 is 1. The van der Waals surface area contributed by atoms with Crippen LogP contribution in [-0.2, 0) is 15.0 Å². The van der Waals surface area contributed by atoms with Crippen molar-refractivity contribution >= 4 is 10.3 Å². The molecule has 1 unspecified atom stereocenters. The topological polar surface area (TPSA) is 78.5 Å². The fourth-order valence-electron chi connectivity index (χ4n) is 0.530. The summed E-state index contributed by atoms with van der Waals surface area (Å²) in [6.45, 7) is 1.74. The van der Waals surface area contributed by atoms with Crippen LogP contribution in [0.2, 0.25) is 0 Å². The largest absolute Gasteiger partial charge is 1.00 e. The Morgan fingerprint density at radius 1 is 1.64 bits per heavy atom. The van der Waals surface area contributed by atoms with Gasteiger partial charge in [0.15, 0.2) is 10.3 Å². The monoisotopic (exact) mass is 191 g/mol. The van der Waals surface area contributed by atoms with Crippen LogP contribution in [0.25, 0.3) is 0 Å². The van der Waals surface area contributed by atoms with E-state index in [0.717, 1.165) is 0 Å². The minimum absolute atomic E-state index is 0. The normalized spacial score (nSPS) is 13.7. The van der Waals surface area contributed by atoms with E-state index in [1.807, 2.05) is 4.72 Å². The third-order valence-electron chi connectivity index (χ3n) is 0.762.